The van der Waals surface area contributed by atoms with Crippen molar-refractivity contribution in [2.24, 2.45) is 0 Å². The van der Waals surface area contributed by atoms with Gasteiger partial charge in [-0.3, -0.25) is 0 Å². The molecule has 0 spiro atoms. The Morgan fingerprint density at radius 2 is 2.38 bits per heavy atom. The minimum absolute atomic E-state index is 0.0573. The van der Waals surface area contributed by atoms with Crippen molar-refractivity contribution in [3.05, 3.63) is 0 Å². The summed E-state index contributed by atoms with van der Waals surface area (Å²) in [6.45, 7) is 4.92. The van der Waals surface area contributed by atoms with Crippen molar-refractivity contribution < 1.29 is 4.79 Å². The Morgan fingerprint density at radius 1 is 1.69 bits per heavy atom. The fourth-order valence-electron chi connectivity index (χ4n) is 1.33. The van der Waals surface area contributed by atoms with E-state index in [1.54, 1.807) is 4.90 Å². The Kier molecular flexibility index (Phi) is 3.90. The molecule has 2 atom stereocenters. The molecule has 1 aliphatic rings. The van der Waals surface area contributed by atoms with Gasteiger partial charge in [0.15, 0.2) is 0 Å². The van der Waals surface area contributed by atoms with Gasteiger partial charge in [-0.1, -0.05) is 6.92 Å². The van der Waals surface area contributed by atoms with Crippen molar-refractivity contribution in [3.63, 3.8) is 0 Å². The Hall–Kier alpha value is -0.380. The topological polar surface area (TPSA) is 32.3 Å². The van der Waals surface area contributed by atoms with E-state index in [0.717, 1.165) is 13.0 Å². The molecule has 0 aliphatic carbocycles. The Bertz CT molecular complexity index is 186. The second kappa shape index (κ2) is 4.74. The molecule has 1 rings (SSSR count). The molecule has 76 valence electrons. The molecule has 4 heteroatoms. The molecular weight excluding hydrogens is 184 g/mol. The van der Waals surface area contributed by atoms with Crippen LogP contribution in [0.5, 0.6) is 0 Å². The average Bonchev–Trinajstić information content (AvgIpc) is 2.50. The number of rotatable bonds is 2. The van der Waals surface area contributed by atoms with Gasteiger partial charge in [0.2, 0.25) is 0 Å². The van der Waals surface area contributed by atoms with E-state index in [4.69, 9.17) is 0 Å². The minimum Gasteiger partial charge on any atom is -0.334 e. The Morgan fingerprint density at radius 3 is 2.85 bits per heavy atom. The third-order valence-corrected chi connectivity index (χ3v) is 3.83. The lowest BCUT2D eigenvalue weighted by Gasteiger charge is -2.21. The summed E-state index contributed by atoms with van der Waals surface area (Å²) in [5.74, 6) is 1.17. The standard InChI is InChI=1S/C9H18N2OS/c1-4-11(3)9(12)10-8-5-6-13-7(8)2/h7-8H,4-6H2,1-3H3,(H,10,12). The molecule has 1 N–H and O–H groups in total. The van der Waals surface area contributed by atoms with Crippen LogP contribution in [0.15, 0.2) is 0 Å². The van der Waals surface area contributed by atoms with Gasteiger partial charge >= 0.3 is 6.03 Å². The molecule has 3 nitrogen and oxygen atoms in total. The van der Waals surface area contributed by atoms with E-state index in [9.17, 15) is 4.79 Å². The number of hydrogen-bond donors (Lipinski definition) is 1. The van der Waals surface area contributed by atoms with Crippen molar-refractivity contribution in [1.29, 1.82) is 0 Å². The first kappa shape index (κ1) is 10.7. The predicted octanol–water partition coefficient (Wildman–Crippen LogP) is 1.54. The summed E-state index contributed by atoms with van der Waals surface area (Å²) in [6.07, 6.45) is 1.11. The molecular formula is C9H18N2OS. The van der Waals surface area contributed by atoms with E-state index in [1.807, 2.05) is 25.7 Å². The number of urea groups is 1. The molecule has 0 aromatic carbocycles. The maximum atomic E-state index is 11.5. The van der Waals surface area contributed by atoms with E-state index < -0.39 is 0 Å². The normalized spacial score (nSPS) is 27.3. The molecule has 0 aromatic rings. The van der Waals surface area contributed by atoms with Crippen LogP contribution in [0.1, 0.15) is 20.3 Å². The number of carbonyl (C=O) groups excluding carboxylic acids is 1. The molecule has 13 heavy (non-hydrogen) atoms. The number of nitrogens with zero attached hydrogens (tertiary/aromatic N) is 1. The molecule has 0 aromatic heterocycles. The van der Waals surface area contributed by atoms with Crippen molar-refractivity contribution in [2.75, 3.05) is 19.3 Å². The van der Waals surface area contributed by atoms with E-state index in [-0.39, 0.29) is 6.03 Å². The van der Waals surface area contributed by atoms with Crippen molar-refractivity contribution in [1.82, 2.24) is 10.2 Å². The first-order chi connectivity index (χ1) is 6.15. The van der Waals surface area contributed by atoms with Gasteiger partial charge in [-0.15, -0.1) is 0 Å². The highest BCUT2D eigenvalue weighted by Crippen LogP contribution is 2.26. The van der Waals surface area contributed by atoms with Gasteiger partial charge < -0.3 is 10.2 Å². The van der Waals surface area contributed by atoms with E-state index in [2.05, 4.69) is 12.2 Å². The van der Waals surface area contributed by atoms with Crippen LogP contribution in [0.2, 0.25) is 0 Å². The van der Waals surface area contributed by atoms with Gasteiger partial charge in [-0.25, -0.2) is 4.79 Å². The Labute approximate surface area is 84.2 Å². The minimum atomic E-state index is 0.0573. The van der Waals surface area contributed by atoms with Crippen LogP contribution in [0, 0.1) is 0 Å². The molecule has 1 aliphatic heterocycles. The molecule has 0 bridgehead atoms. The van der Waals surface area contributed by atoms with Crippen LogP contribution in [-0.2, 0) is 0 Å². The van der Waals surface area contributed by atoms with Gasteiger partial charge in [-0.05, 0) is 19.1 Å². The lowest BCUT2D eigenvalue weighted by Crippen LogP contribution is -2.45. The fourth-order valence-corrected chi connectivity index (χ4v) is 2.53. The molecule has 0 saturated carbocycles. The van der Waals surface area contributed by atoms with Crippen molar-refractivity contribution in [3.8, 4) is 0 Å². The van der Waals surface area contributed by atoms with Gasteiger partial charge in [0.25, 0.3) is 0 Å². The summed E-state index contributed by atoms with van der Waals surface area (Å²) in [7, 11) is 1.82. The van der Waals surface area contributed by atoms with Crippen LogP contribution < -0.4 is 5.32 Å². The lowest BCUT2D eigenvalue weighted by molar-refractivity contribution is 0.207. The quantitative estimate of drug-likeness (QED) is 0.736. The first-order valence-electron chi connectivity index (χ1n) is 4.78. The SMILES string of the molecule is CCN(C)C(=O)NC1CCSC1C. The summed E-state index contributed by atoms with van der Waals surface area (Å²) in [5, 5.41) is 3.61. The summed E-state index contributed by atoms with van der Waals surface area (Å²) >= 11 is 1.93. The highest BCUT2D eigenvalue weighted by Gasteiger charge is 2.25. The zero-order valence-corrected chi connectivity index (χ0v) is 9.36. The van der Waals surface area contributed by atoms with Crippen LogP contribution in [0.3, 0.4) is 0 Å². The largest absolute Gasteiger partial charge is 0.334 e. The van der Waals surface area contributed by atoms with Gasteiger partial charge in [0.1, 0.15) is 0 Å². The van der Waals surface area contributed by atoms with Crippen LogP contribution in [0.4, 0.5) is 4.79 Å². The number of thioether (sulfide) groups is 1. The maximum absolute atomic E-state index is 11.5. The summed E-state index contributed by atoms with van der Waals surface area (Å²) in [4.78, 5) is 13.2. The predicted molar refractivity (Wildman–Crippen MR) is 57.2 cm³/mol. The van der Waals surface area contributed by atoms with Crippen LogP contribution in [0.25, 0.3) is 0 Å². The smallest absolute Gasteiger partial charge is 0.317 e. The Balaban J connectivity index is 2.35. The molecule has 1 heterocycles. The van der Waals surface area contributed by atoms with E-state index in [0.29, 0.717) is 11.3 Å². The molecule has 2 unspecified atom stereocenters. The highest BCUT2D eigenvalue weighted by atomic mass is 32.2. The first-order valence-corrected chi connectivity index (χ1v) is 5.83. The second-order valence-electron chi connectivity index (χ2n) is 3.43. The molecule has 1 saturated heterocycles. The van der Waals surface area contributed by atoms with E-state index >= 15 is 0 Å². The average molecular weight is 202 g/mol. The summed E-state index contributed by atoms with van der Waals surface area (Å²) in [6, 6.07) is 0.424. The van der Waals surface area contributed by atoms with Gasteiger partial charge in [-0.2, -0.15) is 11.8 Å². The molecule has 2 amide bonds. The van der Waals surface area contributed by atoms with Gasteiger partial charge in [0.05, 0.1) is 0 Å². The molecule has 0 radical (unpaired) electrons. The number of amides is 2. The molecule has 1 fully saturated rings. The zero-order valence-electron chi connectivity index (χ0n) is 8.54. The number of nitrogens with one attached hydrogen (secondary N) is 1. The monoisotopic (exact) mass is 202 g/mol. The zero-order chi connectivity index (χ0) is 9.84. The number of hydrogen-bond acceptors (Lipinski definition) is 2. The van der Waals surface area contributed by atoms with Crippen molar-refractivity contribution >= 4 is 17.8 Å². The van der Waals surface area contributed by atoms with Crippen molar-refractivity contribution in [2.45, 2.75) is 31.6 Å². The number of carbonyl (C=O) groups is 1. The van der Waals surface area contributed by atoms with E-state index in [1.165, 1.54) is 5.75 Å². The second-order valence-corrected chi connectivity index (χ2v) is 4.92. The van der Waals surface area contributed by atoms with Gasteiger partial charge in [0, 0.05) is 24.9 Å². The lowest BCUT2D eigenvalue weighted by atomic mass is 10.2. The summed E-state index contributed by atoms with van der Waals surface area (Å²) in [5.41, 5.74) is 0. The third kappa shape index (κ3) is 2.79. The highest BCUT2D eigenvalue weighted by molar-refractivity contribution is 8.00. The van der Waals surface area contributed by atoms with Crippen LogP contribution in [-0.4, -0.2) is 41.6 Å². The third-order valence-electron chi connectivity index (χ3n) is 2.51. The summed E-state index contributed by atoms with van der Waals surface area (Å²) < 4.78 is 0. The van der Waals surface area contributed by atoms with Crippen LogP contribution >= 0.6 is 11.8 Å². The maximum Gasteiger partial charge on any atom is 0.317 e. The fraction of sp³-hybridized carbons (Fsp3) is 0.889.